The Hall–Kier alpha value is -1.60. The summed E-state index contributed by atoms with van der Waals surface area (Å²) < 4.78 is 32.1. The normalized spacial score (nSPS) is 22.1. The van der Waals surface area contributed by atoms with E-state index >= 15 is 0 Å². The topological polar surface area (TPSA) is 95.7 Å². The first-order valence-corrected chi connectivity index (χ1v) is 8.18. The number of ether oxygens (including phenoxy) is 1. The number of benzene rings is 1. The highest BCUT2D eigenvalue weighted by Crippen LogP contribution is 2.37. The molecule has 0 aliphatic carbocycles. The Morgan fingerprint density at radius 3 is 2.30 bits per heavy atom. The third kappa shape index (κ3) is 3.07. The van der Waals surface area contributed by atoms with Gasteiger partial charge in [0.1, 0.15) is 15.7 Å². The number of ketones is 1. The minimum atomic E-state index is -4.32. The van der Waals surface area contributed by atoms with Gasteiger partial charge in [0.05, 0.1) is 4.65 Å². The van der Waals surface area contributed by atoms with Gasteiger partial charge in [-0.25, -0.2) is 0 Å². The van der Waals surface area contributed by atoms with E-state index in [0.29, 0.717) is 5.02 Å². The fourth-order valence-electron chi connectivity index (χ4n) is 1.73. The van der Waals surface area contributed by atoms with Gasteiger partial charge < -0.3 is 14.7 Å². The first-order valence-electron chi connectivity index (χ1n) is 6.40. The van der Waals surface area contributed by atoms with Gasteiger partial charge in [0, 0.05) is 5.02 Å². The molecule has 2 rings (SSSR count). The molecule has 0 saturated carbocycles. The maximum atomic E-state index is 12.5. The van der Waals surface area contributed by atoms with E-state index in [-0.39, 0.29) is 5.56 Å². The van der Waals surface area contributed by atoms with E-state index in [1.807, 2.05) is 0 Å². The van der Waals surface area contributed by atoms with Gasteiger partial charge in [0.15, 0.2) is 5.50 Å². The molecule has 0 saturated heterocycles. The zero-order valence-corrected chi connectivity index (χ0v) is 13.9. The molecule has 6 nitrogen and oxygen atoms in total. The Kier molecular flexibility index (Phi) is 4.24. The first-order chi connectivity index (χ1) is 10.4. The van der Waals surface area contributed by atoms with Gasteiger partial charge in [0.25, 0.3) is 0 Å². The molecule has 1 unspecified atom stereocenters. The highest BCUT2D eigenvalue weighted by molar-refractivity contribution is 7.89. The van der Waals surface area contributed by atoms with Gasteiger partial charge in [0.2, 0.25) is 17.4 Å². The number of halogens is 1. The average molecular weight is 351 g/mol. The van der Waals surface area contributed by atoms with Crippen molar-refractivity contribution in [3.05, 3.63) is 46.5 Å². The van der Waals surface area contributed by atoms with Crippen LogP contribution in [0.25, 0.3) is 0 Å². The van der Waals surface area contributed by atoms with Crippen molar-refractivity contribution in [1.29, 1.82) is 0 Å². The number of hydrogen-bond donors (Lipinski definition) is 1. The van der Waals surface area contributed by atoms with Crippen LogP contribution in [0, 0.1) is 0 Å². The Morgan fingerprint density at radius 2 is 1.83 bits per heavy atom. The summed E-state index contributed by atoms with van der Waals surface area (Å²) in [6, 6.07) is 5.91. The van der Waals surface area contributed by atoms with E-state index in [1.165, 1.54) is 38.1 Å². The van der Waals surface area contributed by atoms with Crippen molar-refractivity contribution >= 4 is 43.2 Å². The molecule has 1 atom stereocenters. The number of carbonyl (C=O) groups is 1. The number of rotatable bonds is 4. The van der Waals surface area contributed by atoms with Crippen molar-refractivity contribution in [3.63, 3.8) is 0 Å². The second kappa shape index (κ2) is 5.49. The van der Waals surface area contributed by atoms with Crippen LogP contribution in [0.3, 0.4) is 0 Å². The molecule has 2 N–H and O–H groups in total. The lowest BCUT2D eigenvalue weighted by atomic mass is 9.73. The van der Waals surface area contributed by atoms with Gasteiger partial charge in [-0.15, -0.1) is 0 Å². The van der Waals surface area contributed by atoms with Gasteiger partial charge in [-0.05, 0) is 17.7 Å². The summed E-state index contributed by atoms with van der Waals surface area (Å²) in [5.41, 5.74) is 3.80. The summed E-state index contributed by atoms with van der Waals surface area (Å²) >= 11 is 5.78. The molecule has 0 amide bonds. The van der Waals surface area contributed by atoms with Crippen LogP contribution in [0.5, 0.6) is 0 Å². The predicted octanol–water partition coefficient (Wildman–Crippen LogP) is 0.639. The first kappa shape index (κ1) is 17.7. The van der Waals surface area contributed by atoms with Crippen molar-refractivity contribution in [2.75, 3.05) is 0 Å². The maximum absolute atomic E-state index is 12.5. The average Bonchev–Trinajstić information content (AvgIpc) is 2.62. The summed E-state index contributed by atoms with van der Waals surface area (Å²) in [5.74, 6) is -2.19. The van der Waals surface area contributed by atoms with Gasteiger partial charge in [-0.1, -0.05) is 37.6 Å². The second-order valence-corrected chi connectivity index (χ2v) is 8.07. The zero-order valence-electron chi connectivity index (χ0n) is 12.4. The van der Waals surface area contributed by atoms with Crippen LogP contribution in [0.4, 0.5) is 0 Å². The van der Waals surface area contributed by atoms with Gasteiger partial charge in [-0.3, -0.25) is 4.79 Å². The highest BCUT2D eigenvalue weighted by atomic mass is 35.5. The fraction of sp³-hybridized carbons (Fsp3) is 0.308. The summed E-state index contributed by atoms with van der Waals surface area (Å²) in [6.45, 7) is 2.41. The van der Waals surface area contributed by atoms with Crippen LogP contribution in [0.1, 0.15) is 19.4 Å². The highest BCUT2D eigenvalue weighted by Gasteiger charge is 2.49. The molecule has 0 spiro atoms. The fourth-order valence-corrected chi connectivity index (χ4v) is 2.45. The van der Waals surface area contributed by atoms with Crippen molar-refractivity contribution in [1.82, 2.24) is 0 Å². The Labute approximate surface area is 141 Å². The SMILES string of the molecule is [B]C1(c2ccc(Cl)cc2)OC(N)=C(OS(=O)(=O)C([B])(C)C)C1=O. The molecule has 23 heavy (non-hydrogen) atoms. The largest absolute Gasteiger partial charge is 0.467 e. The van der Waals surface area contributed by atoms with Crippen LogP contribution in [0.2, 0.25) is 5.02 Å². The van der Waals surface area contributed by atoms with Crippen LogP contribution in [-0.4, -0.2) is 34.5 Å². The van der Waals surface area contributed by atoms with E-state index < -0.39 is 37.7 Å². The third-order valence-corrected chi connectivity index (χ3v) is 5.08. The Balaban J connectivity index is 2.37. The Morgan fingerprint density at radius 1 is 1.30 bits per heavy atom. The van der Waals surface area contributed by atoms with E-state index in [2.05, 4.69) is 0 Å². The molecule has 0 aromatic heterocycles. The lowest BCUT2D eigenvalue weighted by molar-refractivity contribution is -0.126. The van der Waals surface area contributed by atoms with E-state index in [9.17, 15) is 13.2 Å². The van der Waals surface area contributed by atoms with Gasteiger partial charge in [-0.2, -0.15) is 8.42 Å². The predicted molar refractivity (Wildman–Crippen MR) is 86.0 cm³/mol. The second-order valence-electron chi connectivity index (χ2n) is 5.51. The minimum Gasteiger partial charge on any atom is -0.467 e. The smallest absolute Gasteiger partial charge is 0.306 e. The monoisotopic (exact) mass is 351 g/mol. The van der Waals surface area contributed by atoms with Crippen molar-refractivity contribution < 1.29 is 22.1 Å². The number of nitrogens with two attached hydrogens (primary N) is 1. The molecule has 1 heterocycles. The number of hydrogen-bond acceptors (Lipinski definition) is 6. The summed E-state index contributed by atoms with van der Waals surface area (Å²) in [6.07, 6.45) is 0. The molecule has 1 aliphatic heterocycles. The number of carbonyl (C=O) groups excluding carboxylic acids is 1. The van der Waals surface area contributed by atoms with E-state index in [0.717, 1.165) is 0 Å². The molecular formula is C13H12B2ClNO5S. The van der Waals surface area contributed by atoms with E-state index in [4.69, 9.17) is 41.9 Å². The summed E-state index contributed by atoms with van der Waals surface area (Å²) in [4.78, 5) is 12.5. The Bertz CT molecular complexity index is 786. The molecular weight excluding hydrogens is 339 g/mol. The van der Waals surface area contributed by atoms with Crippen LogP contribution in [-0.2, 0) is 29.3 Å². The molecule has 10 heteroatoms. The van der Waals surface area contributed by atoms with Crippen LogP contribution < -0.4 is 5.73 Å². The van der Waals surface area contributed by atoms with Crippen molar-refractivity contribution in [2.45, 2.75) is 24.0 Å². The maximum Gasteiger partial charge on any atom is 0.306 e. The minimum absolute atomic E-state index is 0.234. The van der Waals surface area contributed by atoms with Crippen molar-refractivity contribution in [3.8, 4) is 0 Å². The zero-order chi connectivity index (χ0) is 17.6. The molecule has 4 radical (unpaired) electrons. The molecule has 0 bridgehead atoms. The van der Waals surface area contributed by atoms with Crippen LogP contribution >= 0.6 is 11.6 Å². The summed E-state index contributed by atoms with van der Waals surface area (Å²) in [5, 5.41) is 0.424. The number of Topliss-reactive ketones (excluding diaryl/α,β-unsaturated/α-hetero) is 1. The molecule has 118 valence electrons. The summed E-state index contributed by atoms with van der Waals surface area (Å²) in [7, 11) is 7.12. The lowest BCUT2D eigenvalue weighted by Gasteiger charge is -2.24. The van der Waals surface area contributed by atoms with Gasteiger partial charge >= 0.3 is 10.1 Å². The van der Waals surface area contributed by atoms with E-state index in [1.54, 1.807) is 0 Å². The standard InChI is InChI=1S/C13H12B2ClNO5S/c1-12(2,14)23(19,20)22-9-10(18)13(15,21-11(9)17)7-3-5-8(16)6-4-7/h3-6H,17H2,1-2H3. The van der Waals surface area contributed by atoms with Crippen LogP contribution in [0.15, 0.2) is 35.9 Å². The molecule has 1 aromatic carbocycles. The molecule has 1 aliphatic rings. The third-order valence-electron chi connectivity index (χ3n) is 3.15. The lowest BCUT2D eigenvalue weighted by Crippen LogP contribution is -2.38. The molecule has 0 fully saturated rings. The molecule has 1 aromatic rings. The van der Waals surface area contributed by atoms with Crippen molar-refractivity contribution in [2.24, 2.45) is 5.73 Å². The quantitative estimate of drug-likeness (QED) is 0.632.